The van der Waals surface area contributed by atoms with E-state index in [1.54, 1.807) is 39.2 Å². The van der Waals surface area contributed by atoms with E-state index in [4.69, 9.17) is 0 Å². The lowest BCUT2D eigenvalue weighted by Crippen LogP contribution is -2.36. The second kappa shape index (κ2) is 4.11. The van der Waals surface area contributed by atoms with Crippen LogP contribution in [0.5, 0.6) is 5.75 Å². The number of aromatic hydroxyl groups is 1. The molecule has 1 aromatic rings. The Labute approximate surface area is 83.1 Å². The summed E-state index contributed by atoms with van der Waals surface area (Å²) >= 11 is 0. The maximum absolute atomic E-state index is 11.5. The maximum atomic E-state index is 11.5. The van der Waals surface area contributed by atoms with Crippen molar-refractivity contribution in [2.24, 2.45) is 0 Å². The maximum Gasteiger partial charge on any atom is 0.269 e. The van der Waals surface area contributed by atoms with Gasteiger partial charge in [0.2, 0.25) is 0 Å². The topological polar surface area (TPSA) is 52.6 Å². The first-order chi connectivity index (χ1) is 6.52. The van der Waals surface area contributed by atoms with Crippen LogP contribution in [0.3, 0.4) is 0 Å². The van der Waals surface area contributed by atoms with E-state index in [1.807, 2.05) is 0 Å². The fourth-order valence-corrected chi connectivity index (χ4v) is 1.11. The highest BCUT2D eigenvalue weighted by molar-refractivity contribution is 5.96. The number of phenols is 1. The van der Waals surface area contributed by atoms with Gasteiger partial charge in [0.25, 0.3) is 5.91 Å². The van der Waals surface area contributed by atoms with Gasteiger partial charge in [0.15, 0.2) is 0 Å². The molecule has 0 spiro atoms. The highest BCUT2D eigenvalue weighted by atomic mass is 16.3. The summed E-state index contributed by atoms with van der Waals surface area (Å²) in [6.45, 7) is 1.75. The number of hydrogen-bond acceptors (Lipinski definition) is 3. The summed E-state index contributed by atoms with van der Waals surface area (Å²) in [7, 11) is 3.43. The number of amides is 1. The summed E-state index contributed by atoms with van der Waals surface area (Å²) in [5, 5.41) is 11.1. The molecular formula is C10H14N2O2. The standard InChI is InChI=1S/C10H14N2O2/c1-7-5-4-6-8(9(7)13)10(14)11-12(2)3/h4-6,13H,1-3H3,(H,11,14). The number of phenolic OH excluding ortho intramolecular Hbond substituents is 1. The van der Waals surface area contributed by atoms with Gasteiger partial charge in [0, 0.05) is 14.1 Å². The number of hydrogen-bond donors (Lipinski definition) is 2. The Kier molecular flexibility index (Phi) is 3.09. The molecule has 0 radical (unpaired) electrons. The van der Waals surface area contributed by atoms with Crippen LogP contribution in [0.2, 0.25) is 0 Å². The van der Waals surface area contributed by atoms with Crippen molar-refractivity contribution in [3.63, 3.8) is 0 Å². The molecule has 0 heterocycles. The van der Waals surface area contributed by atoms with Crippen molar-refractivity contribution in [2.45, 2.75) is 6.92 Å². The number of nitrogens with zero attached hydrogens (tertiary/aromatic N) is 1. The van der Waals surface area contributed by atoms with Gasteiger partial charge in [-0.25, -0.2) is 5.01 Å². The van der Waals surface area contributed by atoms with Crippen molar-refractivity contribution in [3.05, 3.63) is 29.3 Å². The van der Waals surface area contributed by atoms with Crippen LogP contribution in [0, 0.1) is 6.92 Å². The first-order valence-corrected chi connectivity index (χ1v) is 4.29. The molecule has 0 aromatic heterocycles. The van der Waals surface area contributed by atoms with Crippen LogP contribution in [0.4, 0.5) is 0 Å². The largest absolute Gasteiger partial charge is 0.507 e. The zero-order valence-electron chi connectivity index (χ0n) is 8.53. The van der Waals surface area contributed by atoms with Gasteiger partial charge in [-0.05, 0) is 18.6 Å². The zero-order valence-corrected chi connectivity index (χ0v) is 8.53. The highest BCUT2D eigenvalue weighted by Gasteiger charge is 2.12. The number of carbonyl (C=O) groups is 1. The average Bonchev–Trinajstić information content (AvgIpc) is 2.08. The van der Waals surface area contributed by atoms with E-state index in [-0.39, 0.29) is 11.7 Å². The number of nitrogens with one attached hydrogen (secondary N) is 1. The van der Waals surface area contributed by atoms with E-state index in [0.717, 1.165) is 0 Å². The van der Waals surface area contributed by atoms with Crippen molar-refractivity contribution in [3.8, 4) is 5.75 Å². The molecule has 14 heavy (non-hydrogen) atoms. The highest BCUT2D eigenvalue weighted by Crippen LogP contribution is 2.20. The molecule has 0 saturated heterocycles. The van der Waals surface area contributed by atoms with Gasteiger partial charge in [-0.1, -0.05) is 12.1 Å². The van der Waals surface area contributed by atoms with Gasteiger partial charge in [-0.15, -0.1) is 0 Å². The molecule has 1 aromatic carbocycles. The SMILES string of the molecule is Cc1cccc(C(=O)NN(C)C)c1O. The second-order valence-corrected chi connectivity index (χ2v) is 3.31. The van der Waals surface area contributed by atoms with E-state index in [2.05, 4.69) is 5.43 Å². The van der Waals surface area contributed by atoms with Crippen molar-refractivity contribution >= 4 is 5.91 Å². The Hall–Kier alpha value is -1.55. The molecule has 0 aliphatic carbocycles. The first-order valence-electron chi connectivity index (χ1n) is 4.29. The molecule has 4 nitrogen and oxygen atoms in total. The van der Waals surface area contributed by atoms with Gasteiger partial charge in [-0.3, -0.25) is 10.2 Å². The van der Waals surface area contributed by atoms with Crippen molar-refractivity contribution < 1.29 is 9.90 Å². The number of rotatable bonds is 2. The van der Waals surface area contributed by atoms with Crippen LogP contribution in [0.1, 0.15) is 15.9 Å². The van der Waals surface area contributed by atoms with E-state index in [0.29, 0.717) is 11.1 Å². The third-order valence-electron chi connectivity index (χ3n) is 1.81. The molecular weight excluding hydrogens is 180 g/mol. The van der Waals surface area contributed by atoms with Gasteiger partial charge < -0.3 is 5.11 Å². The van der Waals surface area contributed by atoms with Crippen molar-refractivity contribution in [1.29, 1.82) is 0 Å². The molecule has 0 aliphatic rings. The van der Waals surface area contributed by atoms with E-state index in [1.165, 1.54) is 5.01 Å². The normalized spacial score (nSPS) is 10.3. The van der Waals surface area contributed by atoms with E-state index in [9.17, 15) is 9.90 Å². The monoisotopic (exact) mass is 194 g/mol. The minimum Gasteiger partial charge on any atom is -0.507 e. The Balaban J connectivity index is 2.96. The Morgan fingerprint density at radius 2 is 2.07 bits per heavy atom. The van der Waals surface area contributed by atoms with Crippen LogP contribution in [0.15, 0.2) is 18.2 Å². The molecule has 0 saturated carbocycles. The molecule has 1 rings (SSSR count). The van der Waals surface area contributed by atoms with E-state index < -0.39 is 0 Å². The number of aryl methyl sites for hydroxylation is 1. The van der Waals surface area contributed by atoms with Crippen LogP contribution in [0.25, 0.3) is 0 Å². The molecule has 0 atom stereocenters. The summed E-state index contributed by atoms with van der Waals surface area (Å²) in [6, 6.07) is 5.07. The average molecular weight is 194 g/mol. The molecule has 2 N–H and O–H groups in total. The fraction of sp³-hybridized carbons (Fsp3) is 0.300. The first kappa shape index (κ1) is 10.5. The zero-order chi connectivity index (χ0) is 10.7. The van der Waals surface area contributed by atoms with Crippen molar-refractivity contribution in [1.82, 2.24) is 10.4 Å². The predicted octanol–water partition coefficient (Wildman–Crippen LogP) is 0.907. The lowest BCUT2D eigenvalue weighted by Gasteiger charge is -2.13. The minimum atomic E-state index is -0.309. The summed E-state index contributed by atoms with van der Waals surface area (Å²) < 4.78 is 0. The number of benzene rings is 1. The number of hydrazine groups is 1. The van der Waals surface area contributed by atoms with Crippen LogP contribution >= 0.6 is 0 Å². The van der Waals surface area contributed by atoms with Gasteiger partial charge >= 0.3 is 0 Å². The molecule has 1 amide bonds. The quantitative estimate of drug-likeness (QED) is 0.688. The molecule has 0 bridgehead atoms. The predicted molar refractivity (Wildman–Crippen MR) is 54.0 cm³/mol. The Morgan fingerprint density at radius 1 is 1.43 bits per heavy atom. The van der Waals surface area contributed by atoms with Crippen LogP contribution in [-0.2, 0) is 0 Å². The third-order valence-corrected chi connectivity index (χ3v) is 1.81. The Bertz CT molecular complexity index is 348. The Morgan fingerprint density at radius 3 is 2.64 bits per heavy atom. The third kappa shape index (κ3) is 2.23. The van der Waals surface area contributed by atoms with E-state index >= 15 is 0 Å². The summed E-state index contributed by atoms with van der Waals surface area (Å²) in [5.41, 5.74) is 3.54. The van der Waals surface area contributed by atoms with Gasteiger partial charge in [-0.2, -0.15) is 0 Å². The smallest absolute Gasteiger partial charge is 0.269 e. The number of carbonyl (C=O) groups excluding carboxylic acids is 1. The van der Waals surface area contributed by atoms with Gasteiger partial charge in [0.1, 0.15) is 5.75 Å². The minimum absolute atomic E-state index is 0.0341. The van der Waals surface area contributed by atoms with Crippen LogP contribution in [-0.4, -0.2) is 30.1 Å². The second-order valence-electron chi connectivity index (χ2n) is 3.31. The fourth-order valence-electron chi connectivity index (χ4n) is 1.11. The molecule has 0 unspecified atom stereocenters. The molecule has 76 valence electrons. The summed E-state index contributed by atoms with van der Waals surface area (Å²) in [5.74, 6) is -0.275. The summed E-state index contributed by atoms with van der Waals surface area (Å²) in [6.07, 6.45) is 0. The summed E-state index contributed by atoms with van der Waals surface area (Å²) in [4.78, 5) is 11.5. The number of para-hydroxylation sites is 1. The molecule has 4 heteroatoms. The van der Waals surface area contributed by atoms with Crippen LogP contribution < -0.4 is 5.43 Å². The molecule has 0 aliphatic heterocycles. The lowest BCUT2D eigenvalue weighted by molar-refractivity contribution is 0.0854. The lowest BCUT2D eigenvalue weighted by atomic mass is 10.1. The van der Waals surface area contributed by atoms with Crippen molar-refractivity contribution in [2.75, 3.05) is 14.1 Å². The molecule has 0 fully saturated rings. The van der Waals surface area contributed by atoms with Gasteiger partial charge in [0.05, 0.1) is 5.56 Å².